The van der Waals surface area contributed by atoms with Crippen molar-refractivity contribution in [2.45, 2.75) is 13.5 Å². The quantitative estimate of drug-likeness (QED) is 0.155. The van der Waals surface area contributed by atoms with Crippen molar-refractivity contribution in [3.8, 4) is 11.8 Å². The summed E-state index contributed by atoms with van der Waals surface area (Å²) >= 11 is 0. The zero-order chi connectivity index (χ0) is 20.4. The number of ether oxygens (including phenoxy) is 1. The van der Waals surface area contributed by atoms with Crippen molar-refractivity contribution >= 4 is 23.5 Å². The molecule has 0 unspecified atom stereocenters. The number of hydrazone groups is 1. The fourth-order valence-corrected chi connectivity index (χ4v) is 2.20. The second-order valence-electron chi connectivity index (χ2n) is 5.80. The normalized spacial score (nSPS) is 11.3. The van der Waals surface area contributed by atoms with Gasteiger partial charge in [-0.2, -0.15) is 10.4 Å². The summed E-state index contributed by atoms with van der Waals surface area (Å²) in [7, 11) is 0. The van der Waals surface area contributed by atoms with E-state index >= 15 is 0 Å². The minimum atomic E-state index is 0.200. The van der Waals surface area contributed by atoms with Gasteiger partial charge in [0, 0.05) is 6.07 Å². The van der Waals surface area contributed by atoms with Crippen LogP contribution in [0.15, 0.2) is 77.6 Å². The Morgan fingerprint density at radius 2 is 2.07 bits per heavy atom. The molecule has 0 spiro atoms. The molecule has 2 aromatic carbocycles. The third-order valence-electron chi connectivity index (χ3n) is 3.66. The van der Waals surface area contributed by atoms with Crippen molar-refractivity contribution in [1.29, 1.82) is 5.26 Å². The molecule has 1 amide bonds. The standard InChI is InChI=1S/C21H21N5O2/c1-15(10-18(12-22)16(2)24-14-27)25-26-21-9-8-19(11-20(21)23)28-13-17-6-4-3-5-7-17/h3-11,14,26H,2,13,23H2,1H3,(H,24,27)/b18-10-,25-15+. The van der Waals surface area contributed by atoms with E-state index in [-0.39, 0.29) is 11.3 Å². The molecule has 7 nitrogen and oxygen atoms in total. The third kappa shape index (κ3) is 6.04. The molecule has 0 aliphatic rings. The number of allylic oxidation sites excluding steroid dienone is 2. The number of benzene rings is 2. The van der Waals surface area contributed by atoms with Gasteiger partial charge in [-0.15, -0.1) is 0 Å². The lowest BCUT2D eigenvalue weighted by molar-refractivity contribution is -0.108. The zero-order valence-electron chi connectivity index (χ0n) is 15.5. The van der Waals surface area contributed by atoms with Gasteiger partial charge in [0.05, 0.1) is 28.4 Å². The molecule has 0 atom stereocenters. The van der Waals surface area contributed by atoms with E-state index in [1.807, 2.05) is 36.4 Å². The van der Waals surface area contributed by atoms with Crippen LogP contribution in [-0.2, 0) is 11.4 Å². The molecule has 4 N–H and O–H groups in total. The van der Waals surface area contributed by atoms with Crippen LogP contribution in [0, 0.1) is 11.3 Å². The van der Waals surface area contributed by atoms with Crippen LogP contribution < -0.4 is 21.2 Å². The average Bonchev–Trinajstić information content (AvgIpc) is 2.70. The highest BCUT2D eigenvalue weighted by Gasteiger charge is 2.04. The number of hydrogen-bond acceptors (Lipinski definition) is 6. The van der Waals surface area contributed by atoms with Crippen LogP contribution in [0.3, 0.4) is 0 Å². The van der Waals surface area contributed by atoms with Gasteiger partial charge >= 0.3 is 0 Å². The first-order valence-corrected chi connectivity index (χ1v) is 8.41. The largest absolute Gasteiger partial charge is 0.489 e. The molecule has 0 bridgehead atoms. The fraction of sp³-hybridized carbons (Fsp3) is 0.0952. The van der Waals surface area contributed by atoms with Gasteiger partial charge < -0.3 is 15.8 Å². The Hall–Kier alpha value is -4.05. The van der Waals surface area contributed by atoms with Crippen molar-refractivity contribution in [2.24, 2.45) is 5.10 Å². The first-order valence-electron chi connectivity index (χ1n) is 8.41. The van der Waals surface area contributed by atoms with E-state index in [1.165, 1.54) is 6.08 Å². The summed E-state index contributed by atoms with van der Waals surface area (Å²) in [5, 5.41) is 15.6. The lowest BCUT2D eigenvalue weighted by atomic mass is 10.2. The maximum atomic E-state index is 10.4. The van der Waals surface area contributed by atoms with Crippen molar-refractivity contribution in [2.75, 3.05) is 11.2 Å². The zero-order valence-corrected chi connectivity index (χ0v) is 15.5. The number of nitriles is 1. The Balaban J connectivity index is 2.02. The first kappa shape index (κ1) is 20.3. The number of nitrogens with two attached hydrogens (primary N) is 1. The molecule has 7 heteroatoms. The highest BCUT2D eigenvalue weighted by atomic mass is 16.5. The van der Waals surface area contributed by atoms with E-state index in [4.69, 9.17) is 15.7 Å². The SMILES string of the molecule is C=C(NC=O)/C(C#N)=C\C(C)=N\Nc1ccc(OCc2ccccc2)cc1N. The van der Waals surface area contributed by atoms with Gasteiger partial charge in [-0.25, -0.2) is 0 Å². The van der Waals surface area contributed by atoms with Crippen molar-refractivity contribution in [3.05, 3.63) is 78.0 Å². The van der Waals surface area contributed by atoms with Crippen LogP contribution in [0.25, 0.3) is 0 Å². The molecule has 2 aromatic rings. The lowest BCUT2D eigenvalue weighted by Crippen LogP contribution is -2.11. The van der Waals surface area contributed by atoms with Gasteiger partial charge in [0.2, 0.25) is 6.41 Å². The van der Waals surface area contributed by atoms with Crippen LogP contribution in [0.2, 0.25) is 0 Å². The molecule has 0 saturated carbocycles. The summed E-state index contributed by atoms with van der Waals surface area (Å²) < 4.78 is 5.74. The molecule has 0 radical (unpaired) electrons. The summed E-state index contributed by atoms with van der Waals surface area (Å²) in [6.45, 7) is 5.76. The Morgan fingerprint density at radius 1 is 1.32 bits per heavy atom. The smallest absolute Gasteiger partial charge is 0.211 e. The fourth-order valence-electron chi connectivity index (χ4n) is 2.20. The Kier molecular flexibility index (Phi) is 7.37. The Morgan fingerprint density at radius 3 is 2.71 bits per heavy atom. The third-order valence-corrected chi connectivity index (χ3v) is 3.66. The number of rotatable bonds is 9. The molecule has 2 rings (SSSR count). The van der Waals surface area contributed by atoms with E-state index in [1.54, 1.807) is 25.1 Å². The number of carbonyl (C=O) groups is 1. The maximum Gasteiger partial charge on any atom is 0.211 e. The summed E-state index contributed by atoms with van der Waals surface area (Å²) in [4.78, 5) is 10.4. The molecule has 0 fully saturated rings. The number of nitrogens with one attached hydrogen (secondary N) is 2. The molecule has 0 aliphatic heterocycles. The van der Waals surface area contributed by atoms with Gasteiger partial charge in [0.15, 0.2) is 0 Å². The summed E-state index contributed by atoms with van der Waals surface area (Å²) in [6.07, 6.45) is 1.96. The predicted molar refractivity (Wildman–Crippen MR) is 110 cm³/mol. The van der Waals surface area contributed by atoms with Crippen LogP contribution in [0.4, 0.5) is 11.4 Å². The van der Waals surface area contributed by atoms with Gasteiger partial charge in [-0.05, 0) is 30.7 Å². The second kappa shape index (κ2) is 10.2. The minimum Gasteiger partial charge on any atom is -0.489 e. The molecular weight excluding hydrogens is 354 g/mol. The topological polar surface area (TPSA) is 113 Å². The molecule has 0 saturated heterocycles. The number of hydrogen-bond donors (Lipinski definition) is 3. The summed E-state index contributed by atoms with van der Waals surface area (Å²) in [6, 6.07) is 17.0. The van der Waals surface area contributed by atoms with Crippen molar-refractivity contribution < 1.29 is 9.53 Å². The Labute approximate surface area is 163 Å². The van der Waals surface area contributed by atoms with E-state index in [9.17, 15) is 4.79 Å². The number of carbonyl (C=O) groups excluding carboxylic acids is 1. The number of amides is 1. The van der Waals surface area contributed by atoms with E-state index < -0.39 is 0 Å². The highest BCUT2D eigenvalue weighted by molar-refractivity contribution is 5.95. The second-order valence-corrected chi connectivity index (χ2v) is 5.80. The van der Waals surface area contributed by atoms with Crippen molar-refractivity contribution in [3.63, 3.8) is 0 Å². The monoisotopic (exact) mass is 375 g/mol. The van der Waals surface area contributed by atoms with Crippen molar-refractivity contribution in [1.82, 2.24) is 5.32 Å². The first-order chi connectivity index (χ1) is 13.5. The van der Waals surface area contributed by atoms with Crippen LogP contribution in [-0.4, -0.2) is 12.1 Å². The lowest BCUT2D eigenvalue weighted by Gasteiger charge is -2.10. The van der Waals surface area contributed by atoms with Crippen LogP contribution in [0.5, 0.6) is 5.75 Å². The van der Waals surface area contributed by atoms with Crippen LogP contribution >= 0.6 is 0 Å². The highest BCUT2D eigenvalue weighted by Crippen LogP contribution is 2.25. The molecule has 142 valence electrons. The molecule has 0 aromatic heterocycles. The van der Waals surface area contributed by atoms with Gasteiger partial charge in [-0.3, -0.25) is 10.2 Å². The van der Waals surface area contributed by atoms with Gasteiger partial charge in [0.25, 0.3) is 0 Å². The Bertz CT molecular complexity index is 943. The van der Waals surface area contributed by atoms with Gasteiger partial charge in [-0.1, -0.05) is 36.9 Å². The number of nitrogen functional groups attached to an aromatic ring is 1. The van der Waals surface area contributed by atoms with Gasteiger partial charge in [0.1, 0.15) is 18.4 Å². The molecular formula is C21H21N5O2. The van der Waals surface area contributed by atoms with E-state index in [0.29, 0.717) is 35.9 Å². The number of anilines is 2. The molecule has 0 aliphatic carbocycles. The predicted octanol–water partition coefficient (Wildman–Crippen LogP) is 3.35. The molecule has 0 heterocycles. The number of nitrogens with zero attached hydrogens (tertiary/aromatic N) is 2. The molecule has 28 heavy (non-hydrogen) atoms. The average molecular weight is 375 g/mol. The van der Waals surface area contributed by atoms with E-state index in [2.05, 4.69) is 22.4 Å². The van der Waals surface area contributed by atoms with E-state index in [0.717, 1.165) is 5.56 Å². The maximum absolute atomic E-state index is 10.4. The minimum absolute atomic E-state index is 0.200. The summed E-state index contributed by atoms with van der Waals surface area (Å²) in [5.41, 5.74) is 11.9. The summed E-state index contributed by atoms with van der Waals surface area (Å²) in [5.74, 6) is 0.649. The van der Waals surface area contributed by atoms with Crippen LogP contribution in [0.1, 0.15) is 12.5 Å².